The van der Waals surface area contributed by atoms with Gasteiger partial charge in [-0.05, 0) is 32.0 Å². The standard InChI is InChI=1S/C18H20FN7/c1-13-9-14(2)26(23-13)18-10-17(21-12-22-18)25-7-5-24(6-8-25)16-4-3-15(19)11-20-16/h3-4,9-12H,5-8H2,1-2H3. The van der Waals surface area contributed by atoms with Crippen LogP contribution in [0.5, 0.6) is 0 Å². The summed E-state index contributed by atoms with van der Waals surface area (Å²) in [4.78, 5) is 17.3. The second kappa shape index (κ2) is 6.70. The maximum absolute atomic E-state index is 13.0. The van der Waals surface area contributed by atoms with E-state index in [0.717, 1.165) is 55.0 Å². The molecular weight excluding hydrogens is 333 g/mol. The first-order valence-corrected chi connectivity index (χ1v) is 8.57. The van der Waals surface area contributed by atoms with Gasteiger partial charge in [-0.15, -0.1) is 0 Å². The lowest BCUT2D eigenvalue weighted by atomic mass is 10.3. The Labute approximate surface area is 151 Å². The van der Waals surface area contributed by atoms with Crippen molar-refractivity contribution in [2.45, 2.75) is 13.8 Å². The Morgan fingerprint density at radius 3 is 2.15 bits per heavy atom. The predicted octanol–water partition coefficient (Wildman–Crippen LogP) is 2.14. The largest absolute Gasteiger partial charge is 0.353 e. The molecule has 0 N–H and O–H groups in total. The van der Waals surface area contributed by atoms with Gasteiger partial charge in [0, 0.05) is 37.9 Å². The molecule has 3 aromatic rings. The number of halogens is 1. The number of aryl methyl sites for hydroxylation is 2. The molecule has 8 heteroatoms. The van der Waals surface area contributed by atoms with Crippen LogP contribution in [-0.2, 0) is 0 Å². The molecule has 0 atom stereocenters. The highest BCUT2D eigenvalue weighted by atomic mass is 19.1. The number of anilines is 2. The molecule has 0 aliphatic carbocycles. The first kappa shape index (κ1) is 16.4. The minimum atomic E-state index is -0.315. The van der Waals surface area contributed by atoms with Gasteiger partial charge in [-0.25, -0.2) is 24.0 Å². The van der Waals surface area contributed by atoms with E-state index in [2.05, 4.69) is 29.9 Å². The van der Waals surface area contributed by atoms with Gasteiger partial charge >= 0.3 is 0 Å². The van der Waals surface area contributed by atoms with Gasteiger partial charge in [0.25, 0.3) is 0 Å². The minimum Gasteiger partial charge on any atom is -0.353 e. The van der Waals surface area contributed by atoms with Crippen molar-refractivity contribution in [3.05, 3.63) is 54.0 Å². The summed E-state index contributed by atoms with van der Waals surface area (Å²) in [5, 5.41) is 4.49. The van der Waals surface area contributed by atoms with Crippen molar-refractivity contribution in [3.8, 4) is 5.82 Å². The highest BCUT2D eigenvalue weighted by Crippen LogP contribution is 2.19. The Kier molecular flexibility index (Phi) is 4.24. The number of aromatic nitrogens is 5. The van der Waals surface area contributed by atoms with E-state index in [4.69, 9.17) is 0 Å². The van der Waals surface area contributed by atoms with Crippen molar-refractivity contribution >= 4 is 11.6 Å². The van der Waals surface area contributed by atoms with Gasteiger partial charge in [-0.3, -0.25) is 0 Å². The Bertz CT molecular complexity index is 898. The molecular formula is C18H20FN7. The van der Waals surface area contributed by atoms with E-state index in [1.165, 1.54) is 12.3 Å². The third-order valence-corrected chi connectivity index (χ3v) is 4.50. The monoisotopic (exact) mass is 353 g/mol. The van der Waals surface area contributed by atoms with Crippen molar-refractivity contribution in [1.29, 1.82) is 0 Å². The van der Waals surface area contributed by atoms with Crippen LogP contribution in [0.3, 0.4) is 0 Å². The molecule has 0 spiro atoms. The van der Waals surface area contributed by atoms with Crippen LogP contribution in [-0.4, -0.2) is 50.9 Å². The number of hydrogen-bond acceptors (Lipinski definition) is 6. The molecule has 26 heavy (non-hydrogen) atoms. The number of rotatable bonds is 3. The maximum atomic E-state index is 13.0. The van der Waals surface area contributed by atoms with Gasteiger partial charge in [0.1, 0.15) is 23.8 Å². The summed E-state index contributed by atoms with van der Waals surface area (Å²) in [7, 11) is 0. The van der Waals surface area contributed by atoms with Crippen molar-refractivity contribution < 1.29 is 4.39 Å². The summed E-state index contributed by atoms with van der Waals surface area (Å²) in [5.74, 6) is 2.14. The highest BCUT2D eigenvalue weighted by Gasteiger charge is 2.20. The minimum absolute atomic E-state index is 0.315. The maximum Gasteiger partial charge on any atom is 0.159 e. The molecule has 0 aromatic carbocycles. The van der Waals surface area contributed by atoms with Gasteiger partial charge in [0.15, 0.2) is 5.82 Å². The zero-order chi connectivity index (χ0) is 18.1. The lowest BCUT2D eigenvalue weighted by Gasteiger charge is -2.36. The lowest BCUT2D eigenvalue weighted by Crippen LogP contribution is -2.47. The molecule has 7 nitrogen and oxygen atoms in total. The third kappa shape index (κ3) is 3.22. The van der Waals surface area contributed by atoms with Gasteiger partial charge in [0.05, 0.1) is 11.9 Å². The Balaban J connectivity index is 1.48. The first-order chi connectivity index (χ1) is 12.6. The van der Waals surface area contributed by atoms with Gasteiger partial charge in [-0.1, -0.05) is 0 Å². The smallest absolute Gasteiger partial charge is 0.159 e. The second-order valence-electron chi connectivity index (χ2n) is 6.38. The van der Waals surface area contributed by atoms with Crippen LogP contribution >= 0.6 is 0 Å². The van der Waals surface area contributed by atoms with Crippen LogP contribution in [0.15, 0.2) is 36.8 Å². The van der Waals surface area contributed by atoms with Crippen LogP contribution in [0.4, 0.5) is 16.0 Å². The molecule has 0 saturated carbocycles. The first-order valence-electron chi connectivity index (χ1n) is 8.57. The Hall–Kier alpha value is -3.03. The highest BCUT2D eigenvalue weighted by molar-refractivity contribution is 5.47. The molecule has 3 aromatic heterocycles. The molecule has 0 bridgehead atoms. The van der Waals surface area contributed by atoms with Gasteiger partial charge < -0.3 is 9.80 Å². The van der Waals surface area contributed by atoms with Crippen LogP contribution < -0.4 is 9.80 Å². The average Bonchev–Trinajstić information content (AvgIpc) is 3.01. The molecule has 1 aliphatic heterocycles. The van der Waals surface area contributed by atoms with E-state index in [0.29, 0.717) is 0 Å². The second-order valence-corrected chi connectivity index (χ2v) is 6.38. The number of piperazine rings is 1. The van der Waals surface area contributed by atoms with Crippen molar-refractivity contribution in [1.82, 2.24) is 24.7 Å². The molecule has 4 rings (SSSR count). The number of hydrogen-bond donors (Lipinski definition) is 0. The van der Waals surface area contributed by atoms with Crippen LogP contribution in [0.25, 0.3) is 5.82 Å². The summed E-state index contributed by atoms with van der Waals surface area (Å²) >= 11 is 0. The molecule has 1 saturated heterocycles. The van der Waals surface area contributed by atoms with Gasteiger partial charge in [-0.2, -0.15) is 5.10 Å². The fraction of sp³-hybridized carbons (Fsp3) is 0.333. The van der Waals surface area contributed by atoms with Crippen molar-refractivity contribution in [3.63, 3.8) is 0 Å². The van der Waals surface area contributed by atoms with Crippen LogP contribution in [0.1, 0.15) is 11.4 Å². The number of pyridine rings is 1. The van der Waals surface area contributed by atoms with E-state index < -0.39 is 0 Å². The van der Waals surface area contributed by atoms with E-state index in [1.807, 2.05) is 30.7 Å². The molecule has 0 unspecified atom stereocenters. The molecule has 1 fully saturated rings. The fourth-order valence-electron chi connectivity index (χ4n) is 3.21. The zero-order valence-electron chi connectivity index (χ0n) is 14.8. The third-order valence-electron chi connectivity index (χ3n) is 4.50. The lowest BCUT2D eigenvalue weighted by molar-refractivity contribution is 0.614. The topological polar surface area (TPSA) is 63.0 Å². The molecule has 0 amide bonds. The molecule has 134 valence electrons. The van der Waals surface area contributed by atoms with E-state index in [1.54, 1.807) is 12.4 Å². The molecule has 4 heterocycles. The average molecular weight is 353 g/mol. The molecule has 1 aliphatic rings. The van der Waals surface area contributed by atoms with Crippen LogP contribution in [0, 0.1) is 19.7 Å². The summed E-state index contributed by atoms with van der Waals surface area (Å²) < 4.78 is 14.9. The summed E-state index contributed by atoms with van der Waals surface area (Å²) in [6, 6.07) is 7.15. The zero-order valence-corrected chi connectivity index (χ0v) is 14.8. The van der Waals surface area contributed by atoms with Gasteiger partial charge in [0.2, 0.25) is 0 Å². The normalized spacial score (nSPS) is 14.7. The van der Waals surface area contributed by atoms with E-state index >= 15 is 0 Å². The summed E-state index contributed by atoms with van der Waals surface area (Å²) in [5.41, 5.74) is 2.00. The summed E-state index contributed by atoms with van der Waals surface area (Å²) in [6.45, 7) is 7.21. The van der Waals surface area contributed by atoms with Crippen molar-refractivity contribution in [2.75, 3.05) is 36.0 Å². The SMILES string of the molecule is Cc1cc(C)n(-c2cc(N3CCN(c4ccc(F)cn4)CC3)ncn2)n1. The van der Waals surface area contributed by atoms with Crippen molar-refractivity contribution in [2.24, 2.45) is 0 Å². The fourth-order valence-corrected chi connectivity index (χ4v) is 3.21. The predicted molar refractivity (Wildman–Crippen MR) is 97.2 cm³/mol. The quantitative estimate of drug-likeness (QED) is 0.719. The van der Waals surface area contributed by atoms with Crippen LogP contribution in [0.2, 0.25) is 0 Å². The number of nitrogens with zero attached hydrogens (tertiary/aromatic N) is 7. The Morgan fingerprint density at radius 2 is 1.54 bits per heavy atom. The molecule has 0 radical (unpaired) electrons. The Morgan fingerprint density at radius 1 is 0.846 bits per heavy atom. The van der Waals surface area contributed by atoms with E-state index in [-0.39, 0.29) is 5.82 Å². The van der Waals surface area contributed by atoms with E-state index in [9.17, 15) is 4.39 Å². The summed E-state index contributed by atoms with van der Waals surface area (Å²) in [6.07, 6.45) is 2.84.